The van der Waals surface area contributed by atoms with Gasteiger partial charge >= 0.3 is 0 Å². The summed E-state index contributed by atoms with van der Waals surface area (Å²) >= 11 is 0. The molecule has 0 fully saturated rings. The van der Waals surface area contributed by atoms with Crippen LogP contribution >= 0.6 is 0 Å². The van der Waals surface area contributed by atoms with Gasteiger partial charge in [-0.3, -0.25) is 14.4 Å². The molecule has 2 heterocycles. The van der Waals surface area contributed by atoms with Crippen molar-refractivity contribution in [3.63, 3.8) is 0 Å². The van der Waals surface area contributed by atoms with Crippen LogP contribution in [-0.2, 0) is 11.3 Å². The number of aryl methyl sites for hydroxylation is 1. The third kappa shape index (κ3) is 4.51. The highest BCUT2D eigenvalue weighted by molar-refractivity contribution is 6.00. The Bertz CT molecular complexity index is 1070. The number of carbonyl (C=O) groups is 2. The Hall–Kier alpha value is -3.07. The molecule has 0 saturated heterocycles. The van der Waals surface area contributed by atoms with E-state index in [4.69, 9.17) is 9.47 Å². The van der Waals surface area contributed by atoms with Gasteiger partial charge in [0.15, 0.2) is 11.5 Å². The molecule has 1 atom stereocenters. The minimum Gasteiger partial charge on any atom is -0.454 e. The molecule has 0 unspecified atom stereocenters. The number of aliphatic hydroxyl groups excluding tert-OH is 1. The predicted molar refractivity (Wildman–Crippen MR) is 115 cm³/mol. The number of hydrogen-bond donors (Lipinski definition) is 3. The van der Waals surface area contributed by atoms with Crippen LogP contribution in [0.15, 0.2) is 23.1 Å². The topological polar surface area (TPSA) is 119 Å². The number of carbonyl (C=O) groups excluding carboxylic acids is 2. The second-order valence-electron chi connectivity index (χ2n) is 8.61. The van der Waals surface area contributed by atoms with Crippen LogP contribution < -0.4 is 25.5 Å². The SMILES string of the molecule is CCn1cc(C(=O)N[C@@H](C(=O)NC(C)(C)CO)C(C)C)c(=O)c2cc3c(cc21)OCO3. The van der Waals surface area contributed by atoms with E-state index >= 15 is 0 Å². The summed E-state index contributed by atoms with van der Waals surface area (Å²) in [4.78, 5) is 38.9. The van der Waals surface area contributed by atoms with Crippen molar-refractivity contribution in [1.29, 1.82) is 0 Å². The van der Waals surface area contributed by atoms with Gasteiger partial charge in [0.05, 0.1) is 23.0 Å². The van der Waals surface area contributed by atoms with E-state index in [-0.39, 0.29) is 24.9 Å². The maximum Gasteiger partial charge on any atom is 0.257 e. The molecule has 0 saturated carbocycles. The number of aliphatic hydroxyl groups is 1. The molecule has 9 nitrogen and oxygen atoms in total. The highest BCUT2D eigenvalue weighted by Crippen LogP contribution is 2.35. The Balaban J connectivity index is 1.97. The molecule has 0 radical (unpaired) electrons. The predicted octanol–water partition coefficient (Wildman–Crippen LogP) is 1.39. The minimum atomic E-state index is -0.875. The molecule has 3 rings (SSSR count). The minimum absolute atomic E-state index is 0.0620. The van der Waals surface area contributed by atoms with Gasteiger partial charge in [0, 0.05) is 18.8 Å². The Labute approximate surface area is 180 Å². The van der Waals surface area contributed by atoms with Crippen molar-refractivity contribution in [2.45, 2.75) is 52.7 Å². The number of aromatic nitrogens is 1. The van der Waals surface area contributed by atoms with E-state index in [1.54, 1.807) is 44.4 Å². The first kappa shape index (κ1) is 22.6. The molecular formula is C22H29N3O6. The van der Waals surface area contributed by atoms with Crippen molar-refractivity contribution in [2.75, 3.05) is 13.4 Å². The van der Waals surface area contributed by atoms with Gasteiger partial charge in [0.1, 0.15) is 11.6 Å². The van der Waals surface area contributed by atoms with E-state index in [0.717, 1.165) is 0 Å². The highest BCUT2D eigenvalue weighted by atomic mass is 16.7. The molecule has 3 N–H and O–H groups in total. The molecule has 1 aliphatic rings. The molecule has 168 valence electrons. The van der Waals surface area contributed by atoms with Crippen molar-refractivity contribution in [3.05, 3.63) is 34.1 Å². The summed E-state index contributed by atoms with van der Waals surface area (Å²) in [6.45, 7) is 9.19. The second kappa shape index (κ2) is 8.58. The van der Waals surface area contributed by atoms with Gasteiger partial charge in [0.2, 0.25) is 18.1 Å². The summed E-state index contributed by atoms with van der Waals surface area (Å²) in [6.07, 6.45) is 1.50. The summed E-state index contributed by atoms with van der Waals surface area (Å²) < 4.78 is 12.6. The summed E-state index contributed by atoms with van der Waals surface area (Å²) in [6, 6.07) is 2.44. The van der Waals surface area contributed by atoms with E-state index in [9.17, 15) is 19.5 Å². The molecule has 9 heteroatoms. The molecule has 31 heavy (non-hydrogen) atoms. The fraction of sp³-hybridized carbons (Fsp3) is 0.500. The van der Waals surface area contributed by atoms with Crippen molar-refractivity contribution in [3.8, 4) is 11.5 Å². The number of nitrogens with one attached hydrogen (secondary N) is 2. The van der Waals surface area contributed by atoms with Gasteiger partial charge in [-0.2, -0.15) is 0 Å². The number of ether oxygens (including phenoxy) is 2. The van der Waals surface area contributed by atoms with Crippen LogP contribution in [0.1, 0.15) is 45.0 Å². The standard InChI is InChI=1S/C22H29N3O6/c1-6-25-9-14(19(27)13-7-16-17(8-15(13)25)31-11-30-16)20(28)23-18(12(2)3)21(29)24-22(4,5)10-26/h7-9,12,18,26H,6,10-11H2,1-5H3,(H,23,28)(H,24,29)/t18-/m1/s1. The summed E-state index contributed by atoms with van der Waals surface area (Å²) in [5.74, 6) is -0.296. The zero-order valence-electron chi connectivity index (χ0n) is 18.4. The van der Waals surface area contributed by atoms with Crippen LogP contribution in [0.25, 0.3) is 10.9 Å². The maximum absolute atomic E-state index is 13.1. The smallest absolute Gasteiger partial charge is 0.257 e. The van der Waals surface area contributed by atoms with E-state index in [1.807, 2.05) is 6.92 Å². The summed E-state index contributed by atoms with van der Waals surface area (Å²) in [7, 11) is 0. The van der Waals surface area contributed by atoms with Crippen LogP contribution in [-0.4, -0.2) is 46.5 Å². The quantitative estimate of drug-likeness (QED) is 0.610. The fourth-order valence-corrected chi connectivity index (χ4v) is 3.41. The van der Waals surface area contributed by atoms with Gasteiger partial charge < -0.3 is 29.8 Å². The third-order valence-electron chi connectivity index (χ3n) is 5.25. The van der Waals surface area contributed by atoms with Crippen molar-refractivity contribution < 1.29 is 24.2 Å². The normalized spacial score (nSPS) is 14.0. The molecule has 0 bridgehead atoms. The number of hydrogen-bond acceptors (Lipinski definition) is 6. The van der Waals surface area contributed by atoms with Crippen molar-refractivity contribution >= 4 is 22.7 Å². The zero-order valence-corrected chi connectivity index (χ0v) is 18.4. The number of fused-ring (bicyclic) bond motifs is 2. The molecule has 0 aliphatic carbocycles. The zero-order chi connectivity index (χ0) is 22.9. The molecule has 1 aromatic carbocycles. The first-order valence-corrected chi connectivity index (χ1v) is 10.3. The van der Waals surface area contributed by atoms with E-state index in [2.05, 4.69) is 10.6 Å². The average molecular weight is 431 g/mol. The third-order valence-corrected chi connectivity index (χ3v) is 5.25. The lowest BCUT2D eigenvalue weighted by Crippen LogP contribution is -2.56. The number of benzene rings is 1. The molecule has 1 aromatic heterocycles. The lowest BCUT2D eigenvalue weighted by Gasteiger charge is -2.29. The van der Waals surface area contributed by atoms with Gasteiger partial charge in [-0.05, 0) is 32.8 Å². The van der Waals surface area contributed by atoms with E-state index < -0.39 is 28.8 Å². The van der Waals surface area contributed by atoms with E-state index in [0.29, 0.717) is 28.9 Å². The first-order valence-electron chi connectivity index (χ1n) is 10.3. The molecule has 2 amide bonds. The molecule has 2 aromatic rings. The Morgan fingerprint density at radius 2 is 1.87 bits per heavy atom. The fourth-order valence-electron chi connectivity index (χ4n) is 3.41. The van der Waals surface area contributed by atoms with Crippen LogP contribution in [0, 0.1) is 5.92 Å². The largest absolute Gasteiger partial charge is 0.454 e. The van der Waals surface area contributed by atoms with Crippen LogP contribution in [0.4, 0.5) is 0 Å². The highest BCUT2D eigenvalue weighted by Gasteiger charge is 2.30. The average Bonchev–Trinajstić information content (AvgIpc) is 3.18. The van der Waals surface area contributed by atoms with Gasteiger partial charge in [-0.15, -0.1) is 0 Å². The van der Waals surface area contributed by atoms with Gasteiger partial charge in [-0.25, -0.2) is 0 Å². The Morgan fingerprint density at radius 1 is 1.23 bits per heavy atom. The number of amides is 2. The number of rotatable bonds is 7. The van der Waals surface area contributed by atoms with Crippen molar-refractivity contribution in [2.24, 2.45) is 5.92 Å². The molecular weight excluding hydrogens is 402 g/mol. The number of pyridine rings is 1. The first-order chi connectivity index (χ1) is 14.6. The lowest BCUT2D eigenvalue weighted by molar-refractivity contribution is -0.126. The van der Waals surface area contributed by atoms with Crippen LogP contribution in [0.3, 0.4) is 0 Å². The van der Waals surface area contributed by atoms with Gasteiger partial charge in [0.25, 0.3) is 5.91 Å². The number of nitrogens with zero attached hydrogens (tertiary/aromatic N) is 1. The molecule has 0 spiro atoms. The van der Waals surface area contributed by atoms with Crippen LogP contribution in [0.2, 0.25) is 0 Å². The lowest BCUT2D eigenvalue weighted by atomic mass is 10.00. The maximum atomic E-state index is 13.1. The van der Waals surface area contributed by atoms with E-state index in [1.165, 1.54) is 6.20 Å². The monoisotopic (exact) mass is 431 g/mol. The Kier molecular flexibility index (Phi) is 6.26. The Morgan fingerprint density at radius 3 is 2.45 bits per heavy atom. The summed E-state index contributed by atoms with van der Waals surface area (Å²) in [5.41, 5.74) is -0.715. The summed E-state index contributed by atoms with van der Waals surface area (Å²) in [5, 5.41) is 15.2. The second-order valence-corrected chi connectivity index (χ2v) is 8.61. The molecule has 1 aliphatic heterocycles. The van der Waals surface area contributed by atoms with Crippen molar-refractivity contribution in [1.82, 2.24) is 15.2 Å². The van der Waals surface area contributed by atoms with Gasteiger partial charge in [-0.1, -0.05) is 13.8 Å². The van der Waals surface area contributed by atoms with Crippen LogP contribution in [0.5, 0.6) is 11.5 Å².